The lowest BCUT2D eigenvalue weighted by molar-refractivity contribution is -0.245. The SMILES string of the molecule is Cc1ccc(S(=O)(=O)N[C@H](Cc2ccccc2)C(=O)NCc2ccc([C@@H]3O[C@H](CSc4ccccc4C(=O)O)C[C@H](c4ccc(CO)cc4)O3)cc2)cc1. The number of thioether (sulfide) groups is 1. The van der Waals surface area contributed by atoms with E-state index >= 15 is 0 Å². The first-order chi connectivity index (χ1) is 26.1. The van der Waals surface area contributed by atoms with E-state index in [1.165, 1.54) is 23.9 Å². The summed E-state index contributed by atoms with van der Waals surface area (Å²) in [6, 6.07) is 36.6. The van der Waals surface area contributed by atoms with Crippen LogP contribution < -0.4 is 10.0 Å². The number of ether oxygens (including phenoxy) is 2. The fourth-order valence-electron chi connectivity index (χ4n) is 6.09. The summed E-state index contributed by atoms with van der Waals surface area (Å²) in [4.78, 5) is 26.1. The summed E-state index contributed by atoms with van der Waals surface area (Å²) >= 11 is 1.42. The minimum absolute atomic E-state index is 0.0662. The summed E-state index contributed by atoms with van der Waals surface area (Å²) < 4.78 is 42.1. The van der Waals surface area contributed by atoms with Crippen molar-refractivity contribution in [1.29, 1.82) is 0 Å². The summed E-state index contributed by atoms with van der Waals surface area (Å²) in [7, 11) is -3.98. The van der Waals surface area contributed by atoms with Gasteiger partial charge < -0.3 is 25.0 Å². The van der Waals surface area contributed by atoms with Crippen LogP contribution >= 0.6 is 11.8 Å². The molecule has 4 N–H and O–H groups in total. The van der Waals surface area contributed by atoms with Crippen LogP contribution in [-0.4, -0.2) is 48.4 Å². The zero-order valence-corrected chi connectivity index (χ0v) is 31.3. The predicted octanol–water partition coefficient (Wildman–Crippen LogP) is 6.73. The fourth-order valence-corrected chi connectivity index (χ4v) is 8.35. The molecule has 4 atom stereocenters. The molecule has 5 aromatic rings. The van der Waals surface area contributed by atoms with Gasteiger partial charge in [0.1, 0.15) is 6.04 Å². The van der Waals surface area contributed by atoms with Crippen LogP contribution in [-0.2, 0) is 43.9 Å². The number of aromatic carboxylic acids is 1. The average Bonchev–Trinajstić information content (AvgIpc) is 3.19. The summed E-state index contributed by atoms with van der Waals surface area (Å²) in [6.07, 6.45) is -0.614. The molecule has 0 unspecified atom stereocenters. The number of carbonyl (C=O) groups is 2. The zero-order valence-electron chi connectivity index (χ0n) is 29.6. The number of benzene rings is 5. The average molecular weight is 767 g/mol. The Morgan fingerprint density at radius 2 is 1.44 bits per heavy atom. The normalized spacial score (nSPS) is 17.8. The zero-order chi connectivity index (χ0) is 38.1. The molecule has 0 aliphatic carbocycles. The maximum atomic E-state index is 13.5. The topological polar surface area (TPSA) is 151 Å². The van der Waals surface area contributed by atoms with Gasteiger partial charge in [0.15, 0.2) is 6.29 Å². The van der Waals surface area contributed by atoms with Crippen molar-refractivity contribution in [1.82, 2.24) is 10.0 Å². The van der Waals surface area contributed by atoms with E-state index in [9.17, 15) is 28.2 Å². The largest absolute Gasteiger partial charge is 0.478 e. The van der Waals surface area contributed by atoms with Crippen molar-refractivity contribution in [3.05, 3.63) is 166 Å². The highest BCUT2D eigenvalue weighted by Crippen LogP contribution is 2.40. The van der Waals surface area contributed by atoms with Crippen molar-refractivity contribution in [2.45, 2.75) is 67.2 Å². The first-order valence-electron chi connectivity index (χ1n) is 17.5. The van der Waals surface area contributed by atoms with E-state index in [0.717, 1.165) is 33.4 Å². The molecule has 0 aromatic heterocycles. The monoisotopic (exact) mass is 766 g/mol. The molecule has 0 spiro atoms. The van der Waals surface area contributed by atoms with Gasteiger partial charge in [0.25, 0.3) is 0 Å². The van der Waals surface area contributed by atoms with E-state index < -0.39 is 34.2 Å². The van der Waals surface area contributed by atoms with Crippen LogP contribution in [0.15, 0.2) is 137 Å². The van der Waals surface area contributed by atoms with Crippen molar-refractivity contribution in [2.75, 3.05) is 5.75 Å². The Kier molecular flexibility index (Phi) is 13.0. The van der Waals surface area contributed by atoms with Crippen LogP contribution in [0.25, 0.3) is 0 Å². The maximum Gasteiger partial charge on any atom is 0.336 e. The van der Waals surface area contributed by atoms with Gasteiger partial charge in [-0.2, -0.15) is 4.72 Å². The van der Waals surface area contributed by atoms with Gasteiger partial charge in [-0.15, -0.1) is 11.8 Å². The Morgan fingerprint density at radius 1 is 0.796 bits per heavy atom. The van der Waals surface area contributed by atoms with E-state index in [1.807, 2.05) is 91.9 Å². The molecule has 54 heavy (non-hydrogen) atoms. The molecule has 0 bridgehead atoms. The lowest BCUT2D eigenvalue weighted by Gasteiger charge is -2.36. The number of sulfonamides is 1. The molecule has 1 saturated heterocycles. The predicted molar refractivity (Wildman–Crippen MR) is 206 cm³/mol. The molecule has 1 fully saturated rings. The highest BCUT2D eigenvalue weighted by Gasteiger charge is 2.33. The van der Waals surface area contributed by atoms with Gasteiger partial charge in [-0.1, -0.05) is 109 Å². The maximum absolute atomic E-state index is 13.5. The molecule has 10 nitrogen and oxygen atoms in total. The van der Waals surface area contributed by atoms with Crippen molar-refractivity contribution >= 4 is 33.7 Å². The van der Waals surface area contributed by atoms with Crippen molar-refractivity contribution in [2.24, 2.45) is 0 Å². The van der Waals surface area contributed by atoms with Crippen LogP contribution in [0, 0.1) is 6.92 Å². The van der Waals surface area contributed by atoms with Crippen LogP contribution in [0.3, 0.4) is 0 Å². The fraction of sp³-hybridized carbons (Fsp3) is 0.238. The lowest BCUT2D eigenvalue weighted by Crippen LogP contribution is -2.47. The number of nitrogens with one attached hydrogen (secondary N) is 2. The number of hydrogen-bond acceptors (Lipinski definition) is 8. The minimum atomic E-state index is -3.98. The van der Waals surface area contributed by atoms with Gasteiger partial charge in [-0.25, -0.2) is 13.2 Å². The smallest absolute Gasteiger partial charge is 0.336 e. The number of carboxylic acids is 1. The summed E-state index contributed by atoms with van der Waals surface area (Å²) in [6.45, 7) is 1.96. The number of aliphatic hydroxyl groups excluding tert-OH is 1. The third-order valence-electron chi connectivity index (χ3n) is 9.10. The molecule has 0 radical (unpaired) electrons. The minimum Gasteiger partial charge on any atom is -0.478 e. The molecule has 12 heteroatoms. The number of hydrogen-bond donors (Lipinski definition) is 4. The summed E-state index contributed by atoms with van der Waals surface area (Å²) in [5.41, 5.74) is 5.24. The molecule has 280 valence electrons. The highest BCUT2D eigenvalue weighted by atomic mass is 32.2. The molecule has 0 saturated carbocycles. The molecule has 1 aliphatic rings. The van der Waals surface area contributed by atoms with Gasteiger partial charge in [0, 0.05) is 29.2 Å². The van der Waals surface area contributed by atoms with Gasteiger partial charge in [-0.3, -0.25) is 4.79 Å². The number of carboxylic acid groups (broad SMARTS) is 1. The third-order valence-corrected chi connectivity index (χ3v) is 11.8. The van der Waals surface area contributed by atoms with Crippen molar-refractivity contribution < 1.29 is 37.7 Å². The van der Waals surface area contributed by atoms with Crippen LogP contribution in [0.1, 0.15) is 62.6 Å². The Morgan fingerprint density at radius 3 is 2.13 bits per heavy atom. The van der Waals surface area contributed by atoms with Gasteiger partial charge >= 0.3 is 5.97 Å². The first-order valence-corrected chi connectivity index (χ1v) is 20.0. The van der Waals surface area contributed by atoms with Crippen molar-refractivity contribution in [3.63, 3.8) is 0 Å². The molecule has 6 rings (SSSR count). The standard InChI is InChI=1S/C42H42N2O8S2/c1-28-11-21-35(22-12-28)54(49,50)44-37(23-29-7-3-2-4-8-29)40(46)43-25-30-13-19-33(20-14-30)42-51-34(27-53-39-10-6-5-9-36(39)41(47)48)24-38(52-42)32-17-15-31(26-45)16-18-32/h2-22,34,37-38,42,44-45H,23-27H2,1H3,(H,43,46)(H,47,48)/t34-,37+,38+,42+/m0/s1. The Hall–Kier alpha value is -4.82. The third kappa shape index (κ3) is 10.2. The Labute approximate surface area is 319 Å². The molecular formula is C42H42N2O8S2. The van der Waals surface area contributed by atoms with E-state index in [-0.39, 0.29) is 42.2 Å². The number of carbonyl (C=O) groups excluding carboxylic acids is 1. The van der Waals surface area contributed by atoms with Gasteiger partial charge in [-0.05, 0) is 59.9 Å². The molecular weight excluding hydrogens is 725 g/mol. The second kappa shape index (κ2) is 18.0. The van der Waals surface area contributed by atoms with Crippen molar-refractivity contribution in [3.8, 4) is 0 Å². The van der Waals surface area contributed by atoms with Crippen LogP contribution in [0.4, 0.5) is 0 Å². The van der Waals surface area contributed by atoms with Crippen LogP contribution in [0.2, 0.25) is 0 Å². The summed E-state index contributed by atoms with van der Waals surface area (Å²) in [5.74, 6) is -0.952. The Balaban J connectivity index is 1.15. The first kappa shape index (κ1) is 38.9. The van der Waals surface area contributed by atoms with E-state index in [4.69, 9.17) is 9.47 Å². The Bertz CT molecular complexity index is 2130. The number of aryl methyl sites for hydroxylation is 1. The second-order valence-corrected chi connectivity index (χ2v) is 15.9. The van der Waals surface area contributed by atoms with E-state index in [2.05, 4.69) is 10.0 Å². The molecule has 1 amide bonds. The highest BCUT2D eigenvalue weighted by molar-refractivity contribution is 7.99. The number of amides is 1. The quantitative estimate of drug-likeness (QED) is 0.0851. The second-order valence-electron chi connectivity index (χ2n) is 13.1. The number of rotatable bonds is 15. The molecule has 1 aliphatic heterocycles. The van der Waals surface area contributed by atoms with Gasteiger partial charge in [0.05, 0.1) is 29.3 Å². The molecule has 1 heterocycles. The van der Waals surface area contributed by atoms with E-state index in [0.29, 0.717) is 17.1 Å². The summed E-state index contributed by atoms with van der Waals surface area (Å²) in [5, 5.41) is 22.1. The molecule has 5 aromatic carbocycles. The lowest BCUT2D eigenvalue weighted by atomic mass is 10.0. The number of aliphatic hydroxyl groups is 1. The van der Waals surface area contributed by atoms with Gasteiger partial charge in [0.2, 0.25) is 15.9 Å². The van der Waals surface area contributed by atoms with E-state index in [1.54, 1.807) is 30.3 Å². The van der Waals surface area contributed by atoms with Crippen LogP contribution in [0.5, 0.6) is 0 Å².